The fourth-order valence-corrected chi connectivity index (χ4v) is 4.40. The van der Waals surface area contributed by atoms with Gasteiger partial charge in [0.15, 0.2) is 0 Å². The topological polar surface area (TPSA) is 60.0 Å². The van der Waals surface area contributed by atoms with Crippen LogP contribution in [0.15, 0.2) is 78.9 Å². The Morgan fingerprint density at radius 3 is 1.97 bits per heavy atom. The Labute approximate surface area is 190 Å². The first-order chi connectivity index (χ1) is 15.7. The van der Waals surface area contributed by atoms with Crippen LogP contribution in [-0.2, 0) is 11.3 Å². The molecule has 1 saturated heterocycles. The van der Waals surface area contributed by atoms with Crippen molar-refractivity contribution in [1.82, 2.24) is 5.32 Å². The van der Waals surface area contributed by atoms with Gasteiger partial charge in [-0.25, -0.2) is 0 Å². The highest BCUT2D eigenvalue weighted by molar-refractivity contribution is 5.38. The molecule has 3 atom stereocenters. The molecular weight excluding hydrogens is 402 g/mol. The van der Waals surface area contributed by atoms with Gasteiger partial charge in [-0.2, -0.15) is 0 Å². The van der Waals surface area contributed by atoms with Gasteiger partial charge in [-0.05, 0) is 28.8 Å². The van der Waals surface area contributed by atoms with Gasteiger partial charge < -0.3 is 24.6 Å². The number of ether oxygens (including phenoxy) is 3. The molecular formula is C27H31NO4. The van der Waals surface area contributed by atoms with Gasteiger partial charge in [0.1, 0.15) is 11.5 Å². The molecule has 0 aliphatic carbocycles. The van der Waals surface area contributed by atoms with Crippen LogP contribution < -0.4 is 14.8 Å². The predicted molar refractivity (Wildman–Crippen MR) is 125 cm³/mol. The number of aliphatic hydroxyl groups excluding tert-OH is 1. The summed E-state index contributed by atoms with van der Waals surface area (Å²) in [6, 6.07) is 26.4. The van der Waals surface area contributed by atoms with Gasteiger partial charge in [0.25, 0.3) is 0 Å². The number of rotatable bonds is 8. The Morgan fingerprint density at radius 1 is 0.906 bits per heavy atom. The number of hydrogen-bond donors (Lipinski definition) is 2. The molecule has 0 bridgehead atoms. The summed E-state index contributed by atoms with van der Waals surface area (Å²) in [5.41, 5.74) is 3.43. The number of nitrogens with one attached hydrogen (secondary N) is 1. The predicted octanol–water partition coefficient (Wildman–Crippen LogP) is 4.14. The summed E-state index contributed by atoms with van der Waals surface area (Å²) in [7, 11) is 3.28. The van der Waals surface area contributed by atoms with E-state index in [0.29, 0.717) is 19.6 Å². The summed E-state index contributed by atoms with van der Waals surface area (Å²) in [6.07, 6.45) is -0.0333. The summed E-state index contributed by atoms with van der Waals surface area (Å²) in [5, 5.41) is 14.4. The maximum atomic E-state index is 11.0. The molecule has 1 aliphatic rings. The lowest BCUT2D eigenvalue weighted by Crippen LogP contribution is -2.50. The molecule has 0 amide bonds. The Morgan fingerprint density at radius 2 is 1.47 bits per heavy atom. The molecule has 0 spiro atoms. The molecule has 4 rings (SSSR count). The first kappa shape index (κ1) is 22.3. The minimum absolute atomic E-state index is 0.0793. The molecule has 168 valence electrons. The second-order valence-electron chi connectivity index (χ2n) is 8.18. The fraction of sp³-hybridized carbons (Fsp3) is 0.333. The summed E-state index contributed by atoms with van der Waals surface area (Å²) in [6.45, 7) is 1.03. The van der Waals surface area contributed by atoms with E-state index in [0.717, 1.165) is 17.1 Å². The number of hydrogen-bond acceptors (Lipinski definition) is 5. The molecule has 3 aromatic carbocycles. The molecule has 0 saturated carbocycles. The molecule has 2 N–H and O–H groups in total. The van der Waals surface area contributed by atoms with Gasteiger partial charge in [0, 0.05) is 24.9 Å². The number of benzene rings is 3. The van der Waals surface area contributed by atoms with E-state index < -0.39 is 6.10 Å². The second-order valence-corrected chi connectivity index (χ2v) is 8.18. The summed E-state index contributed by atoms with van der Waals surface area (Å²) in [4.78, 5) is 0. The fourth-order valence-electron chi connectivity index (χ4n) is 4.40. The van der Waals surface area contributed by atoms with Crippen LogP contribution in [0.5, 0.6) is 11.5 Å². The molecule has 32 heavy (non-hydrogen) atoms. The van der Waals surface area contributed by atoms with Crippen LogP contribution in [0.25, 0.3) is 0 Å². The Hall–Kier alpha value is -2.86. The molecule has 1 unspecified atom stereocenters. The first-order valence-electron chi connectivity index (χ1n) is 11.0. The Balaban J connectivity index is 1.44. The number of aliphatic hydroxyl groups is 1. The van der Waals surface area contributed by atoms with Crippen LogP contribution in [0.2, 0.25) is 0 Å². The average Bonchev–Trinajstić information content (AvgIpc) is 2.85. The van der Waals surface area contributed by atoms with Crippen molar-refractivity contribution < 1.29 is 19.3 Å². The highest BCUT2D eigenvalue weighted by atomic mass is 16.5. The SMILES string of the molecule is COc1cc(CN[C@@H]2CO[C@H](C(c3ccccc3)c3ccccc3)CC2O)cc(OC)c1. The van der Waals surface area contributed by atoms with Gasteiger partial charge in [-0.15, -0.1) is 0 Å². The molecule has 0 radical (unpaired) electrons. The third-order valence-corrected chi connectivity index (χ3v) is 6.10. The van der Waals surface area contributed by atoms with E-state index in [1.807, 2.05) is 30.3 Å². The average molecular weight is 434 g/mol. The van der Waals surface area contributed by atoms with Crippen LogP contribution >= 0.6 is 0 Å². The lowest BCUT2D eigenvalue weighted by atomic mass is 9.82. The second kappa shape index (κ2) is 10.6. The van der Waals surface area contributed by atoms with E-state index in [9.17, 15) is 5.11 Å². The monoisotopic (exact) mass is 433 g/mol. The maximum Gasteiger partial charge on any atom is 0.122 e. The normalized spacial score (nSPS) is 20.8. The largest absolute Gasteiger partial charge is 0.497 e. The first-order valence-corrected chi connectivity index (χ1v) is 11.0. The van der Waals surface area contributed by atoms with Crippen LogP contribution in [-0.4, -0.2) is 44.2 Å². The highest BCUT2D eigenvalue weighted by Gasteiger charge is 2.35. The summed E-state index contributed by atoms with van der Waals surface area (Å²) >= 11 is 0. The van der Waals surface area contributed by atoms with Gasteiger partial charge in [-0.1, -0.05) is 60.7 Å². The molecule has 1 aliphatic heterocycles. The standard InChI is InChI=1S/C27H31NO4/c1-30-22-13-19(14-23(15-22)31-2)17-28-24-18-32-26(16-25(24)29)27(20-9-5-3-6-10-20)21-11-7-4-8-12-21/h3-15,24-29H,16-18H2,1-2H3/t24-,25?,26+/m1/s1. The maximum absolute atomic E-state index is 11.0. The molecule has 5 heteroatoms. The Kier molecular flexibility index (Phi) is 7.43. The molecule has 5 nitrogen and oxygen atoms in total. The van der Waals surface area contributed by atoms with Crippen molar-refractivity contribution in [2.45, 2.75) is 37.1 Å². The van der Waals surface area contributed by atoms with Crippen LogP contribution in [0.1, 0.15) is 29.0 Å². The smallest absolute Gasteiger partial charge is 0.122 e. The van der Waals surface area contributed by atoms with E-state index in [4.69, 9.17) is 14.2 Å². The Bertz CT molecular complexity index is 918. The summed E-state index contributed by atoms with van der Waals surface area (Å²) in [5.74, 6) is 1.57. The zero-order chi connectivity index (χ0) is 22.3. The molecule has 3 aromatic rings. The lowest BCUT2D eigenvalue weighted by molar-refractivity contribution is -0.0718. The van der Waals surface area contributed by atoms with Crippen LogP contribution in [0.4, 0.5) is 0 Å². The quantitative estimate of drug-likeness (QED) is 0.559. The lowest BCUT2D eigenvalue weighted by Gasteiger charge is -2.38. The van der Waals surface area contributed by atoms with Gasteiger partial charge in [0.05, 0.1) is 39.1 Å². The highest BCUT2D eigenvalue weighted by Crippen LogP contribution is 2.34. The third-order valence-electron chi connectivity index (χ3n) is 6.10. The van der Waals surface area contributed by atoms with E-state index in [1.165, 1.54) is 11.1 Å². The molecule has 0 aromatic heterocycles. The summed E-state index contributed by atoms with van der Waals surface area (Å²) < 4.78 is 17.0. The van der Waals surface area contributed by atoms with E-state index in [2.05, 4.69) is 53.8 Å². The van der Waals surface area contributed by atoms with E-state index >= 15 is 0 Å². The third kappa shape index (κ3) is 5.30. The van der Waals surface area contributed by atoms with Crippen molar-refractivity contribution in [3.8, 4) is 11.5 Å². The van der Waals surface area contributed by atoms with Crippen molar-refractivity contribution >= 4 is 0 Å². The minimum atomic E-state index is -0.504. The van der Waals surface area contributed by atoms with Crippen LogP contribution in [0.3, 0.4) is 0 Å². The van der Waals surface area contributed by atoms with Gasteiger partial charge >= 0.3 is 0 Å². The zero-order valence-corrected chi connectivity index (χ0v) is 18.6. The number of methoxy groups -OCH3 is 2. The van der Waals surface area contributed by atoms with E-state index in [1.54, 1.807) is 14.2 Å². The molecule has 1 heterocycles. The van der Waals surface area contributed by atoms with Crippen LogP contribution in [0, 0.1) is 0 Å². The van der Waals surface area contributed by atoms with Crippen molar-refractivity contribution in [3.05, 3.63) is 95.6 Å². The van der Waals surface area contributed by atoms with E-state index in [-0.39, 0.29) is 18.1 Å². The van der Waals surface area contributed by atoms with Crippen molar-refractivity contribution in [1.29, 1.82) is 0 Å². The van der Waals surface area contributed by atoms with Crippen molar-refractivity contribution in [2.24, 2.45) is 0 Å². The van der Waals surface area contributed by atoms with Crippen molar-refractivity contribution in [2.75, 3.05) is 20.8 Å². The van der Waals surface area contributed by atoms with Gasteiger partial charge in [-0.3, -0.25) is 0 Å². The minimum Gasteiger partial charge on any atom is -0.497 e. The zero-order valence-electron chi connectivity index (χ0n) is 18.6. The van der Waals surface area contributed by atoms with Crippen molar-refractivity contribution in [3.63, 3.8) is 0 Å². The van der Waals surface area contributed by atoms with Gasteiger partial charge in [0.2, 0.25) is 0 Å². The molecule has 1 fully saturated rings.